The highest BCUT2D eigenvalue weighted by Crippen LogP contribution is 2.29. The Kier molecular flexibility index (Phi) is 8.24. The Morgan fingerprint density at radius 2 is 1.54 bits per heavy atom. The summed E-state index contributed by atoms with van der Waals surface area (Å²) in [6.45, 7) is 0.679. The molecule has 0 saturated carbocycles. The average Bonchev–Trinajstić information content (AvgIpc) is 3.45. The zero-order valence-electron chi connectivity index (χ0n) is 19.0. The van der Waals surface area contributed by atoms with E-state index < -0.39 is 0 Å². The van der Waals surface area contributed by atoms with E-state index in [2.05, 4.69) is 43.9 Å². The molecule has 0 unspecified atom stereocenters. The number of nitrogens with one attached hydrogen (secondary N) is 3. The second kappa shape index (κ2) is 11.9. The van der Waals surface area contributed by atoms with Crippen LogP contribution in [0.3, 0.4) is 0 Å². The molecule has 0 radical (unpaired) electrons. The van der Waals surface area contributed by atoms with Crippen LogP contribution in [0.2, 0.25) is 0 Å². The molecule has 3 aromatic carbocycles. The Balaban J connectivity index is 1.28. The number of aromatic nitrogens is 4. The van der Waals surface area contributed by atoms with E-state index in [1.165, 1.54) is 0 Å². The van der Waals surface area contributed by atoms with Gasteiger partial charge in [0.1, 0.15) is 0 Å². The van der Waals surface area contributed by atoms with Crippen molar-refractivity contribution in [3.8, 4) is 22.5 Å². The molecule has 0 aliphatic carbocycles. The number of carbonyl (C=O) groups excluding carboxylic acids is 2. The number of rotatable bonds is 10. The lowest BCUT2D eigenvalue weighted by atomic mass is 9.98. The molecule has 0 spiro atoms. The Labute approximate surface area is 209 Å². The fraction of sp³-hybridized carbons (Fsp3) is 0.192. The number of thiol groups is 1. The third-order valence-corrected chi connectivity index (χ3v) is 6.05. The number of benzene rings is 3. The second-order valence-electron chi connectivity index (χ2n) is 7.99. The summed E-state index contributed by atoms with van der Waals surface area (Å²) < 4.78 is 0. The first kappa shape index (κ1) is 24.2. The zero-order chi connectivity index (χ0) is 24.5. The van der Waals surface area contributed by atoms with Gasteiger partial charge < -0.3 is 10.6 Å². The number of aromatic amines is 1. The van der Waals surface area contributed by atoms with E-state index in [-0.39, 0.29) is 17.7 Å². The smallest absolute Gasteiger partial charge is 0.251 e. The van der Waals surface area contributed by atoms with E-state index in [9.17, 15) is 9.59 Å². The van der Waals surface area contributed by atoms with Crippen molar-refractivity contribution in [2.45, 2.75) is 6.42 Å². The monoisotopic (exact) mass is 486 g/mol. The predicted octanol–water partition coefficient (Wildman–Crippen LogP) is 3.17. The van der Waals surface area contributed by atoms with Crippen LogP contribution in [-0.4, -0.2) is 51.3 Å². The van der Waals surface area contributed by atoms with Gasteiger partial charge in [0.25, 0.3) is 5.91 Å². The number of carbonyl (C=O) groups is 2. The minimum Gasteiger partial charge on any atom is -0.354 e. The zero-order valence-corrected chi connectivity index (χ0v) is 19.9. The lowest BCUT2D eigenvalue weighted by Gasteiger charge is -2.15. The van der Waals surface area contributed by atoms with Crippen LogP contribution in [0.15, 0.2) is 78.9 Å². The minimum atomic E-state index is -0.223. The maximum absolute atomic E-state index is 12.6. The highest BCUT2D eigenvalue weighted by atomic mass is 32.1. The van der Waals surface area contributed by atoms with Gasteiger partial charge in [-0.1, -0.05) is 66.7 Å². The van der Waals surface area contributed by atoms with Crippen LogP contribution in [0.1, 0.15) is 15.9 Å². The van der Waals surface area contributed by atoms with Crippen molar-refractivity contribution in [1.82, 2.24) is 31.3 Å². The van der Waals surface area contributed by atoms with Gasteiger partial charge in [-0.15, -0.1) is 5.10 Å². The fourth-order valence-electron chi connectivity index (χ4n) is 3.76. The number of tetrazole rings is 1. The third kappa shape index (κ3) is 6.33. The van der Waals surface area contributed by atoms with Gasteiger partial charge in [0.05, 0.1) is 5.92 Å². The molecule has 2 amide bonds. The standard InChI is InChI=1S/C26H26N6O2S/c33-25(27-14-15-28-26(34)21(17-35)16-18-6-2-1-3-7-18)20-12-10-19(11-13-20)22-8-4-5-9-23(22)24-29-31-32-30-24/h1-13,21,35H,14-17H2,(H,27,33)(H,28,34)(H,29,30,31,32)/t21-/m0/s1. The quantitative estimate of drug-likeness (QED) is 0.203. The maximum atomic E-state index is 12.6. The van der Waals surface area contributed by atoms with E-state index >= 15 is 0 Å². The number of hydrogen-bond acceptors (Lipinski definition) is 6. The van der Waals surface area contributed by atoms with Gasteiger partial charge in [-0.2, -0.15) is 12.6 Å². The van der Waals surface area contributed by atoms with Gasteiger partial charge >= 0.3 is 0 Å². The predicted molar refractivity (Wildman–Crippen MR) is 138 cm³/mol. The Morgan fingerprint density at radius 1 is 0.857 bits per heavy atom. The van der Waals surface area contributed by atoms with Crippen molar-refractivity contribution >= 4 is 24.4 Å². The molecule has 0 aliphatic heterocycles. The summed E-state index contributed by atoms with van der Waals surface area (Å²) in [5.41, 5.74) is 4.40. The highest BCUT2D eigenvalue weighted by molar-refractivity contribution is 7.80. The lowest BCUT2D eigenvalue weighted by Crippen LogP contribution is -2.38. The normalized spacial score (nSPS) is 11.6. The molecule has 4 rings (SSSR count). The third-order valence-electron chi connectivity index (χ3n) is 5.61. The molecule has 3 N–H and O–H groups in total. The summed E-state index contributed by atoms with van der Waals surface area (Å²) in [5.74, 6) is 0.541. The van der Waals surface area contributed by atoms with Crippen LogP contribution in [0.25, 0.3) is 22.5 Å². The lowest BCUT2D eigenvalue weighted by molar-refractivity contribution is -0.124. The molecular weight excluding hydrogens is 460 g/mol. The summed E-state index contributed by atoms with van der Waals surface area (Å²) in [5, 5.41) is 19.8. The first-order chi connectivity index (χ1) is 17.2. The Bertz CT molecular complexity index is 1250. The van der Waals surface area contributed by atoms with Crippen LogP contribution >= 0.6 is 12.6 Å². The van der Waals surface area contributed by atoms with Crippen molar-refractivity contribution in [1.29, 1.82) is 0 Å². The van der Waals surface area contributed by atoms with E-state index in [0.717, 1.165) is 22.3 Å². The van der Waals surface area contributed by atoms with Crippen LogP contribution in [-0.2, 0) is 11.2 Å². The maximum Gasteiger partial charge on any atom is 0.251 e. The molecule has 8 nitrogen and oxygen atoms in total. The second-order valence-corrected chi connectivity index (χ2v) is 8.35. The average molecular weight is 487 g/mol. The molecule has 0 aliphatic rings. The van der Waals surface area contributed by atoms with Gasteiger partial charge in [0.15, 0.2) is 5.82 Å². The van der Waals surface area contributed by atoms with Gasteiger partial charge in [-0.25, -0.2) is 5.10 Å². The minimum absolute atomic E-state index is 0.0666. The summed E-state index contributed by atoms with van der Waals surface area (Å²) in [4.78, 5) is 25.0. The van der Waals surface area contributed by atoms with E-state index in [1.54, 1.807) is 12.1 Å². The molecule has 0 bridgehead atoms. The van der Waals surface area contributed by atoms with Crippen molar-refractivity contribution < 1.29 is 9.59 Å². The van der Waals surface area contributed by atoms with Crippen molar-refractivity contribution in [2.75, 3.05) is 18.8 Å². The number of amides is 2. The molecule has 1 heterocycles. The summed E-state index contributed by atoms with van der Waals surface area (Å²) in [6, 6.07) is 25.0. The van der Waals surface area contributed by atoms with E-state index in [0.29, 0.717) is 36.7 Å². The number of nitrogens with zero attached hydrogens (tertiary/aromatic N) is 3. The molecule has 0 saturated heterocycles. The first-order valence-electron chi connectivity index (χ1n) is 11.3. The largest absolute Gasteiger partial charge is 0.354 e. The molecule has 1 atom stereocenters. The van der Waals surface area contributed by atoms with Gasteiger partial charge in [0, 0.05) is 30.0 Å². The van der Waals surface area contributed by atoms with Crippen molar-refractivity contribution in [2.24, 2.45) is 5.92 Å². The molecule has 4 aromatic rings. The van der Waals surface area contributed by atoms with Crippen LogP contribution < -0.4 is 10.6 Å². The van der Waals surface area contributed by atoms with Gasteiger partial charge in [0.2, 0.25) is 5.91 Å². The SMILES string of the molecule is O=C(NCCNC(=O)[C@H](CS)Cc1ccccc1)c1ccc(-c2ccccc2-c2nnn[nH]2)cc1. The molecule has 178 valence electrons. The summed E-state index contributed by atoms with van der Waals surface area (Å²) in [6.07, 6.45) is 0.630. The van der Waals surface area contributed by atoms with E-state index in [4.69, 9.17) is 0 Å². The first-order valence-corrected chi connectivity index (χ1v) is 11.9. The van der Waals surface area contributed by atoms with E-state index in [1.807, 2.05) is 66.7 Å². The summed E-state index contributed by atoms with van der Waals surface area (Å²) >= 11 is 4.33. The van der Waals surface area contributed by atoms with Gasteiger partial charge in [-0.3, -0.25) is 9.59 Å². The number of H-pyrrole nitrogens is 1. The molecular formula is C26H26N6O2S. The fourth-order valence-corrected chi connectivity index (χ4v) is 4.06. The molecule has 0 fully saturated rings. The Hall–Kier alpha value is -3.98. The molecule has 1 aromatic heterocycles. The highest BCUT2D eigenvalue weighted by Gasteiger charge is 2.17. The van der Waals surface area contributed by atoms with Crippen LogP contribution in [0, 0.1) is 5.92 Å². The topological polar surface area (TPSA) is 113 Å². The number of hydrogen-bond donors (Lipinski definition) is 4. The van der Waals surface area contributed by atoms with Crippen molar-refractivity contribution in [3.63, 3.8) is 0 Å². The molecule has 9 heteroatoms. The Morgan fingerprint density at radius 3 is 2.23 bits per heavy atom. The molecule has 35 heavy (non-hydrogen) atoms. The van der Waals surface area contributed by atoms with Crippen molar-refractivity contribution in [3.05, 3.63) is 90.0 Å². The summed E-state index contributed by atoms with van der Waals surface area (Å²) in [7, 11) is 0. The van der Waals surface area contributed by atoms with Crippen LogP contribution in [0.4, 0.5) is 0 Å². The van der Waals surface area contributed by atoms with Crippen LogP contribution in [0.5, 0.6) is 0 Å². The van der Waals surface area contributed by atoms with Gasteiger partial charge in [-0.05, 0) is 45.7 Å².